The highest BCUT2D eigenvalue weighted by atomic mass is 16.5. The molecule has 5 nitrogen and oxygen atoms in total. The summed E-state index contributed by atoms with van der Waals surface area (Å²) >= 11 is 0. The molecule has 2 aromatic rings. The van der Waals surface area contributed by atoms with Crippen LogP contribution in [0.5, 0.6) is 5.75 Å². The van der Waals surface area contributed by atoms with Gasteiger partial charge in [0.05, 0.1) is 12.5 Å². The molecule has 2 radical (unpaired) electrons. The molecule has 0 fully saturated rings. The predicted octanol–water partition coefficient (Wildman–Crippen LogP) is -0.981. The number of hydrogen-bond donors (Lipinski definition) is 2. The number of benzene rings is 1. The maximum Gasteiger partial charge on any atom is 0.326 e. The van der Waals surface area contributed by atoms with E-state index in [1.165, 1.54) is 19.2 Å². The third-order valence-corrected chi connectivity index (χ3v) is 2.09. The number of rotatable bonds is 1. The molecule has 1 aromatic carbocycles. The van der Waals surface area contributed by atoms with Crippen molar-refractivity contribution in [2.24, 2.45) is 0 Å². The third-order valence-electron chi connectivity index (χ3n) is 2.09. The topological polar surface area (TPSA) is 75.0 Å². The van der Waals surface area contributed by atoms with Gasteiger partial charge in [-0.05, 0) is 12.1 Å². The molecule has 1 heterocycles. The maximum atomic E-state index is 11.4. The summed E-state index contributed by atoms with van der Waals surface area (Å²) in [5, 5.41) is 0.298. The lowest BCUT2D eigenvalue weighted by Crippen LogP contribution is -2.25. The number of fused-ring (bicyclic) bond motifs is 1. The second-order valence-electron chi connectivity index (χ2n) is 3.05. The van der Waals surface area contributed by atoms with Gasteiger partial charge in [-0.3, -0.25) is 9.78 Å². The molecule has 0 atom stereocenters. The average Bonchev–Trinajstić information content (AvgIpc) is 2.19. The van der Waals surface area contributed by atoms with Crippen LogP contribution < -0.4 is 21.4 Å². The minimum Gasteiger partial charge on any atom is -0.497 e. The molecule has 0 unspecified atom stereocenters. The van der Waals surface area contributed by atoms with Crippen LogP contribution in [-0.4, -0.2) is 24.9 Å². The van der Waals surface area contributed by atoms with E-state index in [2.05, 4.69) is 9.97 Å². The van der Waals surface area contributed by atoms with Gasteiger partial charge in [0.1, 0.15) is 13.6 Å². The molecule has 2 rings (SSSR count). The standard InChI is InChI=1S/C9H7BN2O3/c1-15-4-2-5-7(6(10)3-4)11-9(14)12-8(5)13/h2-3H,1H3,(H2,11,12,13,14). The number of nitrogens with one attached hydrogen (secondary N) is 2. The largest absolute Gasteiger partial charge is 0.497 e. The zero-order chi connectivity index (χ0) is 11.0. The van der Waals surface area contributed by atoms with Gasteiger partial charge in [-0.1, -0.05) is 5.46 Å². The molecule has 0 bridgehead atoms. The summed E-state index contributed by atoms with van der Waals surface area (Å²) in [6.45, 7) is 0. The quantitative estimate of drug-likeness (QED) is 0.583. The summed E-state index contributed by atoms with van der Waals surface area (Å²) in [5.41, 5.74) is -0.444. The molecule has 0 aliphatic rings. The molecule has 2 N–H and O–H groups in total. The van der Waals surface area contributed by atoms with Crippen molar-refractivity contribution in [1.29, 1.82) is 0 Å². The first-order chi connectivity index (χ1) is 7.11. The summed E-state index contributed by atoms with van der Waals surface area (Å²) in [6, 6.07) is 3.05. The van der Waals surface area contributed by atoms with E-state index in [0.29, 0.717) is 22.1 Å². The summed E-state index contributed by atoms with van der Waals surface area (Å²) < 4.78 is 4.96. The van der Waals surface area contributed by atoms with Gasteiger partial charge >= 0.3 is 5.69 Å². The van der Waals surface area contributed by atoms with E-state index in [0.717, 1.165) is 0 Å². The highest BCUT2D eigenvalue weighted by molar-refractivity contribution is 6.38. The van der Waals surface area contributed by atoms with Gasteiger partial charge in [0.15, 0.2) is 0 Å². The van der Waals surface area contributed by atoms with E-state index < -0.39 is 11.2 Å². The van der Waals surface area contributed by atoms with Crippen molar-refractivity contribution in [3.63, 3.8) is 0 Å². The summed E-state index contributed by atoms with van der Waals surface area (Å²) in [5.74, 6) is 0.470. The van der Waals surface area contributed by atoms with Gasteiger partial charge in [-0.15, -0.1) is 0 Å². The zero-order valence-corrected chi connectivity index (χ0v) is 7.96. The fourth-order valence-corrected chi connectivity index (χ4v) is 1.39. The van der Waals surface area contributed by atoms with Crippen LogP contribution in [0.4, 0.5) is 0 Å². The van der Waals surface area contributed by atoms with Gasteiger partial charge in [0.2, 0.25) is 0 Å². The van der Waals surface area contributed by atoms with Crippen LogP contribution >= 0.6 is 0 Å². The second kappa shape index (κ2) is 3.31. The molecule has 0 aliphatic carbocycles. The first-order valence-electron chi connectivity index (χ1n) is 4.21. The lowest BCUT2D eigenvalue weighted by molar-refractivity contribution is 0.415. The minimum atomic E-state index is -0.579. The summed E-state index contributed by atoms with van der Waals surface area (Å²) in [4.78, 5) is 27.0. The van der Waals surface area contributed by atoms with Crippen LogP contribution in [0.25, 0.3) is 10.9 Å². The number of aromatic nitrogens is 2. The van der Waals surface area contributed by atoms with Crippen molar-refractivity contribution in [2.45, 2.75) is 0 Å². The number of aromatic amines is 2. The Morgan fingerprint density at radius 1 is 1.27 bits per heavy atom. The Bertz CT molecular complexity index is 629. The molecule has 6 heteroatoms. The Morgan fingerprint density at radius 3 is 2.67 bits per heavy atom. The molecular formula is C9H7BN2O3. The van der Waals surface area contributed by atoms with Crippen LogP contribution in [0.1, 0.15) is 0 Å². The molecule has 0 saturated heterocycles. The lowest BCUT2D eigenvalue weighted by Gasteiger charge is -2.04. The van der Waals surface area contributed by atoms with Crippen molar-refractivity contribution in [3.05, 3.63) is 33.0 Å². The van der Waals surface area contributed by atoms with E-state index >= 15 is 0 Å². The van der Waals surface area contributed by atoms with Crippen molar-refractivity contribution < 1.29 is 4.74 Å². The molecule has 1 aromatic heterocycles. The monoisotopic (exact) mass is 202 g/mol. The van der Waals surface area contributed by atoms with E-state index in [-0.39, 0.29) is 0 Å². The van der Waals surface area contributed by atoms with Gasteiger partial charge in [-0.2, -0.15) is 0 Å². The van der Waals surface area contributed by atoms with E-state index in [1.807, 2.05) is 0 Å². The Hall–Kier alpha value is -1.98. The molecule has 0 aliphatic heterocycles. The second-order valence-corrected chi connectivity index (χ2v) is 3.05. The molecule has 15 heavy (non-hydrogen) atoms. The van der Waals surface area contributed by atoms with Gasteiger partial charge in [0, 0.05) is 5.52 Å². The number of hydrogen-bond acceptors (Lipinski definition) is 3. The molecule has 0 spiro atoms. The van der Waals surface area contributed by atoms with Crippen molar-refractivity contribution in [1.82, 2.24) is 9.97 Å². The lowest BCUT2D eigenvalue weighted by atomic mass is 9.93. The van der Waals surface area contributed by atoms with E-state index in [9.17, 15) is 9.59 Å². The van der Waals surface area contributed by atoms with Crippen LogP contribution in [0.2, 0.25) is 0 Å². The van der Waals surface area contributed by atoms with E-state index in [4.69, 9.17) is 12.6 Å². The van der Waals surface area contributed by atoms with E-state index in [1.54, 1.807) is 0 Å². The fraction of sp³-hybridized carbons (Fsp3) is 0.111. The third kappa shape index (κ3) is 1.54. The highest BCUT2D eigenvalue weighted by Crippen LogP contribution is 2.12. The average molecular weight is 202 g/mol. The first-order valence-corrected chi connectivity index (χ1v) is 4.21. The maximum absolute atomic E-state index is 11.4. The van der Waals surface area contributed by atoms with Crippen LogP contribution in [-0.2, 0) is 0 Å². The number of H-pyrrole nitrogens is 2. The first kappa shape index (κ1) is 9.58. The normalized spacial score (nSPS) is 10.5. The number of methoxy groups -OCH3 is 1. The molecular weight excluding hydrogens is 195 g/mol. The van der Waals surface area contributed by atoms with Gasteiger partial charge < -0.3 is 9.72 Å². The summed E-state index contributed by atoms with van der Waals surface area (Å²) in [6.07, 6.45) is 0. The van der Waals surface area contributed by atoms with Gasteiger partial charge in [0.25, 0.3) is 5.56 Å². The SMILES string of the molecule is [B]c1cc(OC)cc2c(=O)[nH]c(=O)[nH]c12. The van der Waals surface area contributed by atoms with Crippen LogP contribution in [0, 0.1) is 0 Å². The highest BCUT2D eigenvalue weighted by Gasteiger charge is 2.05. The van der Waals surface area contributed by atoms with Crippen molar-refractivity contribution >= 4 is 24.2 Å². The smallest absolute Gasteiger partial charge is 0.326 e. The fourth-order valence-electron chi connectivity index (χ4n) is 1.39. The Labute approximate surface area is 85.5 Å². The predicted molar refractivity (Wildman–Crippen MR) is 57.1 cm³/mol. The number of ether oxygens (including phenoxy) is 1. The van der Waals surface area contributed by atoms with Crippen LogP contribution in [0.15, 0.2) is 21.7 Å². The zero-order valence-electron chi connectivity index (χ0n) is 7.96. The molecule has 0 amide bonds. The van der Waals surface area contributed by atoms with Crippen molar-refractivity contribution in [3.8, 4) is 5.75 Å². The van der Waals surface area contributed by atoms with Crippen LogP contribution in [0.3, 0.4) is 0 Å². The Kier molecular flexibility index (Phi) is 2.11. The minimum absolute atomic E-state index is 0.298. The van der Waals surface area contributed by atoms with Gasteiger partial charge in [-0.25, -0.2) is 4.79 Å². The Balaban J connectivity index is 2.98. The summed E-state index contributed by atoms with van der Waals surface area (Å²) in [7, 11) is 7.14. The molecule has 0 saturated carbocycles. The Morgan fingerprint density at radius 2 is 2.00 bits per heavy atom. The van der Waals surface area contributed by atoms with Crippen molar-refractivity contribution in [2.75, 3.05) is 7.11 Å². The molecule has 74 valence electrons.